The molecular weight excluding hydrogens is 773 g/mol. The number of Topliss-reactive ketones (excluding diaryl/α,β-unsaturated/α-hetero) is 1. The number of ketones is 1. The fourth-order valence-corrected chi connectivity index (χ4v) is 9.34. The van der Waals surface area contributed by atoms with E-state index in [0.717, 1.165) is 11.3 Å². The number of cyclic esters (lactones) is 1. The minimum atomic E-state index is -1.25. The van der Waals surface area contributed by atoms with Crippen molar-refractivity contribution in [2.45, 2.75) is 154 Å². The lowest BCUT2D eigenvalue weighted by Crippen LogP contribution is -2.61. The van der Waals surface area contributed by atoms with Gasteiger partial charge in [-0.2, -0.15) is 5.26 Å². The van der Waals surface area contributed by atoms with Gasteiger partial charge in [0.2, 0.25) is 0 Å². The van der Waals surface area contributed by atoms with Crippen LogP contribution in [0.3, 0.4) is 0 Å². The molecule has 0 aliphatic carbocycles. The van der Waals surface area contributed by atoms with Gasteiger partial charge in [-0.25, -0.2) is 4.79 Å². The third-order valence-corrected chi connectivity index (χ3v) is 12.6. The van der Waals surface area contributed by atoms with Gasteiger partial charge in [0.15, 0.2) is 17.7 Å². The summed E-state index contributed by atoms with van der Waals surface area (Å²) >= 11 is 0. The number of nitrogen functional groups attached to an aromatic ring is 1. The number of methoxy groups -OCH3 is 1. The molecule has 3 fully saturated rings. The number of carbonyl (C=O) groups is 3. The van der Waals surface area contributed by atoms with E-state index in [0.29, 0.717) is 57.4 Å². The Kier molecular flexibility index (Phi) is 15.7. The summed E-state index contributed by atoms with van der Waals surface area (Å²) in [5, 5.41) is 35.9. The second-order valence-electron chi connectivity index (χ2n) is 17.4. The van der Waals surface area contributed by atoms with Gasteiger partial charge < -0.3 is 39.8 Å². The molecule has 1 aromatic heterocycles. The molecule has 60 heavy (non-hydrogen) atoms. The van der Waals surface area contributed by atoms with Gasteiger partial charge in [-0.3, -0.25) is 24.5 Å². The van der Waals surface area contributed by atoms with E-state index >= 15 is 0 Å². The highest BCUT2D eigenvalue weighted by Gasteiger charge is 2.58. The lowest BCUT2D eigenvalue weighted by molar-refractivity contribution is -0.290. The Labute approximate surface area is 353 Å². The molecule has 17 nitrogen and oxygen atoms in total. The molecule has 17 heteroatoms. The molecule has 4 heterocycles. The number of anilines is 1. The van der Waals surface area contributed by atoms with Crippen molar-refractivity contribution >= 4 is 23.5 Å². The SMILES string of the molecule is CC[C@H]1OC(=O)[C@H](C)C(=O)[C@H](C)[C@@H](O[C@@H]2OC(C)CC(NCC#N)C2O)[C@](C)(OC)C[C@@H](C)CN[C@H](C)[C@H]2N(CCCCn3cc(-c4cccc(N)c4)nn3)C(=O)O[C@]12C. The Bertz CT molecular complexity index is 1820. The zero-order chi connectivity index (χ0) is 43.9. The van der Waals surface area contributed by atoms with Crippen LogP contribution in [0.1, 0.15) is 87.5 Å². The molecule has 13 atom stereocenters. The molecule has 5 rings (SSSR count). The van der Waals surface area contributed by atoms with E-state index in [4.69, 9.17) is 29.4 Å². The summed E-state index contributed by atoms with van der Waals surface area (Å²) in [6.45, 7) is 16.1. The molecular formula is C43H66N8O9. The van der Waals surface area contributed by atoms with Gasteiger partial charge >= 0.3 is 12.1 Å². The molecule has 0 radical (unpaired) electrons. The highest BCUT2D eigenvalue weighted by atomic mass is 16.7. The van der Waals surface area contributed by atoms with E-state index in [9.17, 15) is 24.8 Å². The Morgan fingerprint density at radius 1 is 1.13 bits per heavy atom. The van der Waals surface area contributed by atoms with Gasteiger partial charge in [-0.15, -0.1) is 5.10 Å². The number of esters is 1. The number of carbonyl (C=O) groups excluding carboxylic acids is 3. The zero-order valence-corrected chi connectivity index (χ0v) is 36.6. The minimum absolute atomic E-state index is 0.0323. The van der Waals surface area contributed by atoms with Crippen molar-refractivity contribution in [1.29, 1.82) is 5.26 Å². The van der Waals surface area contributed by atoms with Crippen molar-refractivity contribution in [1.82, 2.24) is 30.5 Å². The van der Waals surface area contributed by atoms with Crippen LogP contribution in [0, 0.1) is 29.1 Å². The molecule has 0 bridgehead atoms. The standard InChI is InChI=1S/C43H66N8O9/c1-10-34-43(8)37(51(41(55)60-43)19-12-11-18-50-24-33(48-49-50)30-14-13-15-31(45)21-30)29(6)47-23-25(2)22-42(7,56-9)38(27(4)35(52)28(5)39(54)58-34)59-40-36(53)32(46-17-16-44)20-26(3)57-40/h13-15,21,24-29,32,34,36-38,40,46-47,53H,10-12,17-20,22-23,45H2,1-9H3/t25-,26?,27+,28-,29-,32?,34-,36?,37-,38-,40+,42-,43-/m1/s1. The van der Waals surface area contributed by atoms with Crippen LogP contribution in [-0.2, 0) is 39.8 Å². The van der Waals surface area contributed by atoms with E-state index in [1.54, 1.807) is 30.5 Å². The number of amides is 1. The van der Waals surface area contributed by atoms with Gasteiger partial charge in [0.05, 0.1) is 42.7 Å². The molecule has 0 spiro atoms. The van der Waals surface area contributed by atoms with Gasteiger partial charge in [-0.05, 0) is 91.3 Å². The molecule has 1 aromatic carbocycles. The summed E-state index contributed by atoms with van der Waals surface area (Å²) < 4.78 is 33.1. The summed E-state index contributed by atoms with van der Waals surface area (Å²) in [5.74, 6) is -3.36. The summed E-state index contributed by atoms with van der Waals surface area (Å²) in [5.41, 5.74) is 5.85. The number of benzene rings is 1. The predicted molar refractivity (Wildman–Crippen MR) is 222 cm³/mol. The number of aromatic nitrogens is 3. The Balaban J connectivity index is 1.37. The molecule has 3 aliphatic heterocycles. The molecule has 5 N–H and O–H groups in total. The van der Waals surface area contributed by atoms with Crippen molar-refractivity contribution in [2.24, 2.45) is 17.8 Å². The Hall–Kier alpha value is -4.18. The summed E-state index contributed by atoms with van der Waals surface area (Å²) in [6, 6.07) is 8.18. The number of nitrogens with zero attached hydrogens (tertiary/aromatic N) is 5. The Morgan fingerprint density at radius 2 is 1.87 bits per heavy atom. The van der Waals surface area contributed by atoms with Crippen molar-refractivity contribution < 1.29 is 43.2 Å². The normalized spacial score (nSPS) is 35.8. The van der Waals surface area contributed by atoms with Crippen molar-refractivity contribution in [2.75, 3.05) is 32.5 Å². The van der Waals surface area contributed by atoms with E-state index < -0.39 is 77.6 Å². The smallest absolute Gasteiger partial charge is 0.410 e. The summed E-state index contributed by atoms with van der Waals surface area (Å²) in [6.07, 6.45) is -0.550. The number of rotatable bonds is 12. The lowest BCUT2D eigenvalue weighted by atomic mass is 9.78. The average Bonchev–Trinajstić information content (AvgIpc) is 3.80. The second-order valence-corrected chi connectivity index (χ2v) is 17.4. The van der Waals surface area contributed by atoms with Crippen molar-refractivity contribution in [3.63, 3.8) is 0 Å². The number of unbranched alkanes of at least 4 members (excludes halogenated alkanes) is 1. The third kappa shape index (κ3) is 10.5. The van der Waals surface area contributed by atoms with Crippen molar-refractivity contribution in [3.8, 4) is 17.3 Å². The van der Waals surface area contributed by atoms with Crippen LogP contribution in [-0.4, -0.2) is 130 Å². The highest BCUT2D eigenvalue weighted by Crippen LogP contribution is 2.40. The first-order chi connectivity index (χ1) is 28.5. The first-order valence-electron chi connectivity index (χ1n) is 21.3. The van der Waals surface area contributed by atoms with Gasteiger partial charge in [0.25, 0.3) is 0 Å². The largest absolute Gasteiger partial charge is 0.458 e. The number of hydrogen-bond donors (Lipinski definition) is 4. The number of nitrogens with two attached hydrogens (primary N) is 1. The zero-order valence-electron chi connectivity index (χ0n) is 36.6. The summed E-state index contributed by atoms with van der Waals surface area (Å²) in [4.78, 5) is 43.9. The molecule has 1 amide bonds. The van der Waals surface area contributed by atoms with E-state index in [2.05, 4.69) is 27.9 Å². The van der Waals surface area contributed by atoms with Gasteiger partial charge in [0.1, 0.15) is 23.8 Å². The van der Waals surface area contributed by atoms with E-state index in [-0.39, 0.29) is 24.6 Å². The second kappa shape index (κ2) is 20.1. The lowest BCUT2D eigenvalue weighted by Gasteiger charge is -2.46. The number of hydrogen-bond acceptors (Lipinski definition) is 15. The van der Waals surface area contributed by atoms with E-state index in [1.165, 1.54) is 6.92 Å². The molecule has 3 aliphatic rings. The Morgan fingerprint density at radius 3 is 2.55 bits per heavy atom. The van der Waals surface area contributed by atoms with Crippen LogP contribution in [0.15, 0.2) is 30.5 Å². The molecule has 3 saturated heterocycles. The fraction of sp³-hybridized carbons (Fsp3) is 0.721. The van der Waals surface area contributed by atoms with Crippen molar-refractivity contribution in [3.05, 3.63) is 30.5 Å². The quantitative estimate of drug-likeness (QED) is 0.0784. The summed E-state index contributed by atoms with van der Waals surface area (Å²) in [7, 11) is 1.55. The maximum atomic E-state index is 14.4. The number of nitrogens with one attached hydrogen (secondary N) is 2. The molecule has 2 aromatic rings. The van der Waals surface area contributed by atoms with Gasteiger partial charge in [0, 0.05) is 49.5 Å². The number of aliphatic hydroxyl groups excluding tert-OH is 1. The first kappa shape index (κ1) is 46.9. The number of ether oxygens (including phenoxy) is 5. The van der Waals surface area contributed by atoms with Crippen LogP contribution in [0.4, 0.5) is 10.5 Å². The number of aryl methyl sites for hydroxylation is 1. The van der Waals surface area contributed by atoms with Gasteiger partial charge in [-0.1, -0.05) is 38.1 Å². The number of aliphatic hydroxyl groups is 1. The van der Waals surface area contributed by atoms with Crippen LogP contribution in [0.25, 0.3) is 11.3 Å². The molecule has 332 valence electrons. The minimum Gasteiger partial charge on any atom is -0.458 e. The first-order valence-corrected chi connectivity index (χ1v) is 21.3. The molecule has 3 unspecified atom stereocenters. The maximum Gasteiger partial charge on any atom is 0.410 e. The van der Waals surface area contributed by atoms with Crippen LogP contribution in [0.5, 0.6) is 0 Å². The number of fused-ring (bicyclic) bond motifs is 1. The highest BCUT2D eigenvalue weighted by molar-refractivity contribution is 6.00. The average molecular weight is 839 g/mol. The maximum absolute atomic E-state index is 14.4. The molecule has 0 saturated carbocycles. The topological polar surface area (TPSA) is 225 Å². The van der Waals surface area contributed by atoms with Crippen LogP contribution >= 0.6 is 0 Å². The van der Waals surface area contributed by atoms with E-state index in [1.807, 2.05) is 64.2 Å². The third-order valence-electron chi connectivity index (χ3n) is 12.6. The number of nitriles is 1. The van der Waals surface area contributed by atoms with Crippen LogP contribution < -0.4 is 16.4 Å². The monoisotopic (exact) mass is 838 g/mol. The van der Waals surface area contributed by atoms with Crippen LogP contribution in [0.2, 0.25) is 0 Å². The fourth-order valence-electron chi connectivity index (χ4n) is 9.34. The predicted octanol–water partition coefficient (Wildman–Crippen LogP) is 3.84.